The van der Waals surface area contributed by atoms with Gasteiger partial charge in [-0.1, -0.05) is 6.92 Å². The Morgan fingerprint density at radius 1 is 1.12 bits per heavy atom. The fourth-order valence-electron chi connectivity index (χ4n) is 2.86. The van der Waals surface area contributed by atoms with E-state index in [1.165, 1.54) is 26.4 Å². The number of benzene rings is 1. The number of likely N-dealkylation sites (N-methyl/N-ethyl adjacent to an activating group) is 1. The number of primary amides is 1. The number of carbonyl (C=O) groups excluding carboxylic acids is 2. The zero-order valence-corrected chi connectivity index (χ0v) is 15.0. The molecule has 2 rings (SSSR count). The van der Waals surface area contributed by atoms with Crippen LogP contribution in [0.5, 0.6) is 11.5 Å². The standard InChI is InChI=1S/C17H26N4O4/c1-4-20-5-7-21(8-6-20)11-15(22)19-13-9-12(17(18)23)10-14(24-2)16(13)25-3/h9-10H,4-8,11H2,1-3H3,(H2,18,23)(H,19,22). The van der Waals surface area contributed by atoms with Gasteiger partial charge in [-0.15, -0.1) is 0 Å². The van der Waals surface area contributed by atoms with Crippen molar-refractivity contribution in [2.75, 3.05) is 58.8 Å². The molecule has 1 heterocycles. The highest BCUT2D eigenvalue weighted by atomic mass is 16.5. The van der Waals surface area contributed by atoms with Crippen molar-refractivity contribution in [1.29, 1.82) is 0 Å². The summed E-state index contributed by atoms with van der Waals surface area (Å²) < 4.78 is 10.5. The summed E-state index contributed by atoms with van der Waals surface area (Å²) in [4.78, 5) is 28.3. The first-order chi connectivity index (χ1) is 12.0. The Morgan fingerprint density at radius 3 is 2.28 bits per heavy atom. The van der Waals surface area contributed by atoms with Crippen LogP contribution >= 0.6 is 0 Å². The molecule has 0 radical (unpaired) electrons. The lowest BCUT2D eigenvalue weighted by atomic mass is 10.1. The van der Waals surface area contributed by atoms with E-state index >= 15 is 0 Å². The van der Waals surface area contributed by atoms with Crippen LogP contribution in [-0.2, 0) is 4.79 Å². The second kappa shape index (κ2) is 8.68. The molecular formula is C17H26N4O4. The van der Waals surface area contributed by atoms with E-state index < -0.39 is 5.91 Å². The minimum absolute atomic E-state index is 0.174. The molecule has 138 valence electrons. The Balaban J connectivity index is 2.09. The fourth-order valence-corrected chi connectivity index (χ4v) is 2.86. The number of anilines is 1. The molecule has 1 aliphatic heterocycles. The van der Waals surface area contributed by atoms with Crippen molar-refractivity contribution in [1.82, 2.24) is 9.80 Å². The molecule has 1 aromatic rings. The number of rotatable bonds is 7. The van der Waals surface area contributed by atoms with Gasteiger partial charge in [0.15, 0.2) is 11.5 Å². The number of hydrogen-bond acceptors (Lipinski definition) is 6. The number of hydrogen-bond donors (Lipinski definition) is 2. The molecule has 1 fully saturated rings. The first kappa shape index (κ1) is 19.0. The third-order valence-electron chi connectivity index (χ3n) is 4.32. The van der Waals surface area contributed by atoms with E-state index in [0.717, 1.165) is 32.7 Å². The van der Waals surface area contributed by atoms with Gasteiger partial charge in [-0.3, -0.25) is 14.5 Å². The average Bonchev–Trinajstić information content (AvgIpc) is 2.61. The molecule has 0 unspecified atom stereocenters. The van der Waals surface area contributed by atoms with Crippen molar-refractivity contribution < 1.29 is 19.1 Å². The molecule has 1 aromatic carbocycles. The highest BCUT2D eigenvalue weighted by Gasteiger charge is 2.20. The van der Waals surface area contributed by atoms with Crippen molar-refractivity contribution in [3.8, 4) is 11.5 Å². The molecule has 0 aliphatic carbocycles. The quantitative estimate of drug-likeness (QED) is 0.738. The Hall–Kier alpha value is -2.32. The van der Waals surface area contributed by atoms with Crippen LogP contribution in [-0.4, -0.2) is 75.1 Å². The Kier molecular flexibility index (Phi) is 6.60. The van der Waals surface area contributed by atoms with E-state index in [1.807, 2.05) is 0 Å². The summed E-state index contributed by atoms with van der Waals surface area (Å²) >= 11 is 0. The summed E-state index contributed by atoms with van der Waals surface area (Å²) in [5, 5.41) is 2.80. The van der Waals surface area contributed by atoms with E-state index in [2.05, 4.69) is 22.0 Å². The summed E-state index contributed by atoms with van der Waals surface area (Å²) in [6.07, 6.45) is 0. The first-order valence-corrected chi connectivity index (χ1v) is 8.28. The SMILES string of the molecule is CCN1CCN(CC(=O)Nc2cc(C(N)=O)cc(OC)c2OC)CC1. The number of ether oxygens (including phenoxy) is 2. The van der Waals surface area contributed by atoms with Gasteiger partial charge in [0, 0.05) is 31.7 Å². The average molecular weight is 350 g/mol. The predicted molar refractivity (Wildman–Crippen MR) is 95.2 cm³/mol. The summed E-state index contributed by atoms with van der Waals surface area (Å²) in [6, 6.07) is 2.98. The number of nitrogens with two attached hydrogens (primary N) is 1. The Labute approximate surface area is 147 Å². The number of carbonyl (C=O) groups is 2. The largest absolute Gasteiger partial charge is 0.493 e. The molecule has 0 saturated carbocycles. The molecule has 0 bridgehead atoms. The maximum absolute atomic E-state index is 12.4. The summed E-state index contributed by atoms with van der Waals surface area (Å²) in [7, 11) is 2.93. The third-order valence-corrected chi connectivity index (χ3v) is 4.32. The molecule has 0 atom stereocenters. The minimum atomic E-state index is -0.605. The minimum Gasteiger partial charge on any atom is -0.493 e. The summed E-state index contributed by atoms with van der Waals surface area (Å²) in [5.41, 5.74) is 5.95. The van der Waals surface area contributed by atoms with Crippen LogP contribution in [0.2, 0.25) is 0 Å². The molecular weight excluding hydrogens is 324 g/mol. The van der Waals surface area contributed by atoms with E-state index in [-0.39, 0.29) is 18.0 Å². The molecule has 25 heavy (non-hydrogen) atoms. The van der Waals surface area contributed by atoms with Gasteiger partial charge in [0.1, 0.15) is 0 Å². The molecule has 0 spiro atoms. The molecule has 3 N–H and O–H groups in total. The lowest BCUT2D eigenvalue weighted by Crippen LogP contribution is -2.48. The molecule has 2 amide bonds. The van der Waals surface area contributed by atoms with Gasteiger partial charge in [-0.25, -0.2) is 0 Å². The predicted octanol–water partition coefficient (Wildman–Crippen LogP) is 0.379. The van der Waals surface area contributed by atoms with Gasteiger partial charge >= 0.3 is 0 Å². The van der Waals surface area contributed by atoms with Crippen LogP contribution in [0.4, 0.5) is 5.69 Å². The van der Waals surface area contributed by atoms with Gasteiger partial charge < -0.3 is 25.4 Å². The van der Waals surface area contributed by atoms with E-state index in [0.29, 0.717) is 17.2 Å². The second-order valence-corrected chi connectivity index (χ2v) is 5.88. The third kappa shape index (κ3) is 4.83. The van der Waals surface area contributed by atoms with Crippen molar-refractivity contribution in [2.45, 2.75) is 6.92 Å². The van der Waals surface area contributed by atoms with Crippen LogP contribution in [0.3, 0.4) is 0 Å². The summed E-state index contributed by atoms with van der Waals surface area (Å²) in [5.74, 6) is -0.0821. The van der Waals surface area contributed by atoms with Gasteiger partial charge in [-0.05, 0) is 18.7 Å². The zero-order chi connectivity index (χ0) is 18.4. The Morgan fingerprint density at radius 2 is 1.76 bits per heavy atom. The molecule has 8 heteroatoms. The number of nitrogens with one attached hydrogen (secondary N) is 1. The highest BCUT2D eigenvalue weighted by molar-refractivity contribution is 5.99. The van der Waals surface area contributed by atoms with Crippen molar-refractivity contribution in [3.63, 3.8) is 0 Å². The topological polar surface area (TPSA) is 97.1 Å². The van der Waals surface area contributed by atoms with Crippen molar-refractivity contribution in [3.05, 3.63) is 17.7 Å². The first-order valence-electron chi connectivity index (χ1n) is 8.28. The monoisotopic (exact) mass is 350 g/mol. The lowest BCUT2D eigenvalue weighted by molar-refractivity contribution is -0.117. The molecule has 8 nitrogen and oxygen atoms in total. The van der Waals surface area contributed by atoms with Gasteiger partial charge in [0.05, 0.1) is 26.5 Å². The van der Waals surface area contributed by atoms with Gasteiger partial charge in [0.2, 0.25) is 11.8 Å². The van der Waals surface area contributed by atoms with Crippen LogP contribution in [0.25, 0.3) is 0 Å². The van der Waals surface area contributed by atoms with E-state index in [1.54, 1.807) is 0 Å². The van der Waals surface area contributed by atoms with Gasteiger partial charge in [0.25, 0.3) is 0 Å². The normalized spacial score (nSPS) is 15.6. The Bertz CT molecular complexity index is 627. The summed E-state index contributed by atoms with van der Waals surface area (Å²) in [6.45, 7) is 7.05. The van der Waals surface area contributed by atoms with Crippen molar-refractivity contribution in [2.24, 2.45) is 5.73 Å². The number of piperazine rings is 1. The maximum atomic E-state index is 12.4. The maximum Gasteiger partial charge on any atom is 0.248 e. The molecule has 1 saturated heterocycles. The highest BCUT2D eigenvalue weighted by Crippen LogP contribution is 2.36. The van der Waals surface area contributed by atoms with Gasteiger partial charge in [-0.2, -0.15) is 0 Å². The number of methoxy groups -OCH3 is 2. The van der Waals surface area contributed by atoms with Crippen LogP contribution < -0.4 is 20.5 Å². The van der Waals surface area contributed by atoms with E-state index in [4.69, 9.17) is 15.2 Å². The molecule has 1 aliphatic rings. The van der Waals surface area contributed by atoms with Crippen LogP contribution in [0.15, 0.2) is 12.1 Å². The van der Waals surface area contributed by atoms with Crippen LogP contribution in [0.1, 0.15) is 17.3 Å². The number of nitrogens with zero attached hydrogens (tertiary/aromatic N) is 2. The fraction of sp³-hybridized carbons (Fsp3) is 0.529. The number of amides is 2. The second-order valence-electron chi connectivity index (χ2n) is 5.88. The zero-order valence-electron chi connectivity index (χ0n) is 15.0. The lowest BCUT2D eigenvalue weighted by Gasteiger charge is -2.33. The van der Waals surface area contributed by atoms with E-state index in [9.17, 15) is 9.59 Å². The smallest absolute Gasteiger partial charge is 0.248 e. The molecule has 0 aromatic heterocycles. The van der Waals surface area contributed by atoms with Crippen molar-refractivity contribution >= 4 is 17.5 Å². The van der Waals surface area contributed by atoms with Crippen LogP contribution in [0, 0.1) is 0 Å².